The van der Waals surface area contributed by atoms with Gasteiger partial charge in [-0.3, -0.25) is 0 Å². The van der Waals surface area contributed by atoms with Gasteiger partial charge in [0.1, 0.15) is 11.5 Å². The maximum Gasteiger partial charge on any atom is 0.133 e. The number of halogens is 1. The molecule has 0 N–H and O–H groups in total. The maximum absolute atomic E-state index is 5.69. The van der Waals surface area contributed by atoms with Crippen molar-refractivity contribution in [1.82, 2.24) is 0 Å². The van der Waals surface area contributed by atoms with Gasteiger partial charge in [-0.25, -0.2) is 0 Å². The fraction of sp³-hybridized carbons (Fsp3) is 0.538. The molecule has 0 aromatic heterocycles. The van der Waals surface area contributed by atoms with E-state index in [4.69, 9.17) is 9.47 Å². The fourth-order valence-corrected chi connectivity index (χ4v) is 2.17. The average molecular weight is 319 g/mol. The monoisotopic (exact) mass is 318 g/mol. The predicted octanol–water partition coefficient (Wildman–Crippen LogP) is 4.33. The zero-order chi connectivity index (χ0) is 12.5. The van der Waals surface area contributed by atoms with Gasteiger partial charge in [0.25, 0.3) is 0 Å². The number of benzene rings is 1. The molecule has 0 bridgehead atoms. The quantitative estimate of drug-likeness (QED) is 0.568. The van der Waals surface area contributed by atoms with Crippen molar-refractivity contribution in [2.75, 3.05) is 19.5 Å². The van der Waals surface area contributed by atoms with Crippen molar-refractivity contribution in [3.05, 3.63) is 22.7 Å². The van der Waals surface area contributed by atoms with Gasteiger partial charge in [-0.15, -0.1) is 0 Å². The molecule has 0 heterocycles. The summed E-state index contributed by atoms with van der Waals surface area (Å²) < 4.78 is 11.8. The number of thiol groups is 1. The minimum atomic E-state index is 0.761. The second-order valence-corrected chi connectivity index (χ2v) is 5.08. The lowest BCUT2D eigenvalue weighted by Gasteiger charge is -2.09. The second-order valence-electron chi connectivity index (χ2n) is 3.78. The van der Waals surface area contributed by atoms with Crippen LogP contribution in [0.5, 0.6) is 11.5 Å². The molecule has 0 saturated carbocycles. The van der Waals surface area contributed by atoms with E-state index >= 15 is 0 Å². The van der Waals surface area contributed by atoms with Crippen molar-refractivity contribution >= 4 is 28.6 Å². The third kappa shape index (κ3) is 5.68. The number of methoxy groups -OCH3 is 1. The van der Waals surface area contributed by atoms with Crippen LogP contribution in [0, 0.1) is 0 Å². The normalized spacial score (nSPS) is 10.3. The standard InChI is InChI=1S/C13H19BrO2S/c1-15-11-6-7-13(12(14)10-11)16-8-4-2-3-5-9-17/h6-7,10,17H,2-5,8-9H2,1H3. The van der Waals surface area contributed by atoms with Crippen molar-refractivity contribution in [2.45, 2.75) is 25.7 Å². The molecule has 1 aromatic rings. The van der Waals surface area contributed by atoms with Gasteiger partial charge >= 0.3 is 0 Å². The third-order valence-corrected chi connectivity index (χ3v) is 3.38. The van der Waals surface area contributed by atoms with E-state index in [0.29, 0.717) is 0 Å². The zero-order valence-corrected chi connectivity index (χ0v) is 12.6. The average Bonchev–Trinajstić information content (AvgIpc) is 2.35. The molecule has 1 aromatic carbocycles. The van der Waals surface area contributed by atoms with Crippen LogP contribution in [-0.4, -0.2) is 19.5 Å². The maximum atomic E-state index is 5.69. The zero-order valence-electron chi connectivity index (χ0n) is 10.1. The van der Waals surface area contributed by atoms with E-state index in [-0.39, 0.29) is 0 Å². The topological polar surface area (TPSA) is 18.5 Å². The summed E-state index contributed by atoms with van der Waals surface area (Å²) in [6.07, 6.45) is 4.71. The van der Waals surface area contributed by atoms with Gasteiger partial charge in [0.05, 0.1) is 18.2 Å². The number of hydrogen-bond acceptors (Lipinski definition) is 3. The second kappa shape index (κ2) is 8.70. The summed E-state index contributed by atoms with van der Waals surface area (Å²) in [5, 5.41) is 0. The van der Waals surface area contributed by atoms with E-state index in [1.54, 1.807) is 7.11 Å². The highest BCUT2D eigenvalue weighted by molar-refractivity contribution is 9.10. The Labute approximate surface area is 117 Å². The highest BCUT2D eigenvalue weighted by atomic mass is 79.9. The van der Waals surface area contributed by atoms with Crippen LogP contribution >= 0.6 is 28.6 Å². The van der Waals surface area contributed by atoms with Crippen molar-refractivity contribution < 1.29 is 9.47 Å². The van der Waals surface area contributed by atoms with Gasteiger partial charge in [0.15, 0.2) is 0 Å². The van der Waals surface area contributed by atoms with Crippen LogP contribution in [0.4, 0.5) is 0 Å². The minimum Gasteiger partial charge on any atom is -0.497 e. The number of unbranched alkanes of at least 4 members (excludes halogenated alkanes) is 3. The van der Waals surface area contributed by atoms with E-state index in [1.165, 1.54) is 19.3 Å². The Morgan fingerprint density at radius 2 is 1.94 bits per heavy atom. The molecule has 0 amide bonds. The summed E-state index contributed by atoms with van der Waals surface area (Å²) in [4.78, 5) is 0. The van der Waals surface area contributed by atoms with Crippen LogP contribution in [0.2, 0.25) is 0 Å². The first-order valence-electron chi connectivity index (χ1n) is 5.85. The smallest absolute Gasteiger partial charge is 0.133 e. The first kappa shape index (κ1) is 14.7. The highest BCUT2D eigenvalue weighted by Crippen LogP contribution is 2.29. The summed E-state index contributed by atoms with van der Waals surface area (Å²) in [7, 11) is 1.66. The Hall–Kier alpha value is -0.350. The van der Waals surface area contributed by atoms with Crippen molar-refractivity contribution in [2.24, 2.45) is 0 Å². The first-order valence-corrected chi connectivity index (χ1v) is 7.27. The van der Waals surface area contributed by atoms with E-state index in [9.17, 15) is 0 Å². The fourth-order valence-electron chi connectivity index (χ4n) is 1.48. The minimum absolute atomic E-state index is 0.761. The molecule has 0 atom stereocenters. The molecule has 0 saturated heterocycles. The van der Waals surface area contributed by atoms with Crippen molar-refractivity contribution in [1.29, 1.82) is 0 Å². The molecule has 0 spiro atoms. The molecule has 0 aliphatic heterocycles. The van der Waals surface area contributed by atoms with Crippen LogP contribution in [-0.2, 0) is 0 Å². The Balaban J connectivity index is 2.27. The van der Waals surface area contributed by atoms with Gasteiger partial charge in [-0.2, -0.15) is 12.6 Å². The molecule has 1 rings (SSSR count). The summed E-state index contributed by atoms with van der Waals surface area (Å²) in [5.41, 5.74) is 0. The number of hydrogen-bond donors (Lipinski definition) is 1. The van der Waals surface area contributed by atoms with Gasteiger partial charge < -0.3 is 9.47 Å². The molecule has 2 nitrogen and oxygen atoms in total. The van der Waals surface area contributed by atoms with E-state index in [0.717, 1.165) is 34.8 Å². The summed E-state index contributed by atoms with van der Waals surface area (Å²) in [5.74, 6) is 2.68. The molecule has 0 radical (unpaired) electrons. The SMILES string of the molecule is COc1ccc(OCCCCCCS)c(Br)c1. The van der Waals surface area contributed by atoms with Crippen LogP contribution in [0.1, 0.15) is 25.7 Å². The number of rotatable bonds is 8. The summed E-state index contributed by atoms with van der Waals surface area (Å²) in [6, 6.07) is 5.74. The molecule has 17 heavy (non-hydrogen) atoms. The molecule has 0 unspecified atom stereocenters. The van der Waals surface area contributed by atoms with Crippen LogP contribution < -0.4 is 9.47 Å². The molecule has 0 fully saturated rings. The van der Waals surface area contributed by atoms with Gasteiger partial charge in [0, 0.05) is 0 Å². The predicted molar refractivity (Wildman–Crippen MR) is 78.5 cm³/mol. The van der Waals surface area contributed by atoms with Gasteiger partial charge in [-0.1, -0.05) is 12.8 Å². The molecular weight excluding hydrogens is 300 g/mol. The number of ether oxygens (including phenoxy) is 2. The van der Waals surface area contributed by atoms with Crippen molar-refractivity contribution in [3.63, 3.8) is 0 Å². The van der Waals surface area contributed by atoms with E-state index < -0.39 is 0 Å². The first-order chi connectivity index (χ1) is 8.27. The van der Waals surface area contributed by atoms with E-state index in [1.807, 2.05) is 18.2 Å². The molecular formula is C13H19BrO2S. The summed E-state index contributed by atoms with van der Waals surface area (Å²) in [6.45, 7) is 0.761. The van der Waals surface area contributed by atoms with Crippen LogP contribution in [0.25, 0.3) is 0 Å². The Morgan fingerprint density at radius 1 is 1.18 bits per heavy atom. The lowest BCUT2D eigenvalue weighted by Crippen LogP contribution is -1.98. The van der Waals surface area contributed by atoms with Gasteiger partial charge in [-0.05, 0) is 52.7 Å². The highest BCUT2D eigenvalue weighted by Gasteiger charge is 2.02. The van der Waals surface area contributed by atoms with Crippen molar-refractivity contribution in [3.8, 4) is 11.5 Å². The molecule has 4 heteroatoms. The Morgan fingerprint density at radius 3 is 2.59 bits per heavy atom. The molecule has 0 aliphatic rings. The third-order valence-electron chi connectivity index (χ3n) is 2.45. The molecule has 96 valence electrons. The Kier molecular flexibility index (Phi) is 7.53. The largest absolute Gasteiger partial charge is 0.497 e. The van der Waals surface area contributed by atoms with Gasteiger partial charge in [0.2, 0.25) is 0 Å². The van der Waals surface area contributed by atoms with E-state index in [2.05, 4.69) is 28.6 Å². The lowest BCUT2D eigenvalue weighted by molar-refractivity contribution is 0.302. The lowest BCUT2D eigenvalue weighted by atomic mass is 10.2. The summed E-state index contributed by atoms with van der Waals surface area (Å²) >= 11 is 7.65. The molecule has 0 aliphatic carbocycles. The Bertz CT molecular complexity index is 331. The van der Waals surface area contributed by atoms with Crippen LogP contribution in [0.3, 0.4) is 0 Å². The van der Waals surface area contributed by atoms with Crippen LogP contribution in [0.15, 0.2) is 22.7 Å².